The molecule has 0 bridgehead atoms. The molecule has 1 amide bonds. The molecule has 1 heterocycles. The first kappa shape index (κ1) is 14.1. The van der Waals surface area contributed by atoms with E-state index >= 15 is 0 Å². The largest absolute Gasteiger partial charge is 0.417 e. The third-order valence-corrected chi connectivity index (χ3v) is 3.02. The Kier molecular flexibility index (Phi) is 3.71. The van der Waals surface area contributed by atoms with Crippen LogP contribution in [0.1, 0.15) is 5.56 Å². The molecule has 1 saturated heterocycles. The average Bonchev–Trinajstić information content (AvgIpc) is 2.70. The molecule has 2 rings (SSSR count). The lowest BCUT2D eigenvalue weighted by molar-refractivity contribution is -0.137. The van der Waals surface area contributed by atoms with Crippen LogP contribution in [0.3, 0.4) is 0 Å². The molecular formula is C11H10ClF3N2O2. The molecule has 1 unspecified atom stereocenters. The first-order valence-electron chi connectivity index (χ1n) is 5.31. The number of ether oxygens (including phenoxy) is 1. The van der Waals surface area contributed by atoms with E-state index in [9.17, 15) is 18.0 Å². The Morgan fingerprint density at radius 1 is 1.47 bits per heavy atom. The van der Waals surface area contributed by atoms with E-state index in [1.807, 2.05) is 0 Å². The molecule has 0 saturated carbocycles. The van der Waals surface area contributed by atoms with Crippen molar-refractivity contribution in [2.24, 2.45) is 0 Å². The number of hydrogen-bond donors (Lipinski definition) is 1. The van der Waals surface area contributed by atoms with Crippen molar-refractivity contribution in [3.63, 3.8) is 0 Å². The zero-order chi connectivity index (χ0) is 14.2. The zero-order valence-electron chi connectivity index (χ0n) is 9.79. The van der Waals surface area contributed by atoms with Gasteiger partial charge in [0.1, 0.15) is 6.73 Å². The van der Waals surface area contributed by atoms with E-state index in [1.165, 1.54) is 13.1 Å². The normalized spacial score (nSPS) is 20.2. The minimum absolute atomic E-state index is 0.0967. The van der Waals surface area contributed by atoms with Gasteiger partial charge in [0.05, 0.1) is 10.6 Å². The summed E-state index contributed by atoms with van der Waals surface area (Å²) in [6, 6.07) is 3.29. The predicted octanol–water partition coefficient (Wildman–Crippen LogP) is 2.22. The van der Waals surface area contributed by atoms with Crippen molar-refractivity contribution in [3.05, 3.63) is 28.8 Å². The van der Waals surface area contributed by atoms with Gasteiger partial charge in [-0.25, -0.2) is 0 Å². The molecular weight excluding hydrogens is 285 g/mol. The number of anilines is 1. The maximum Gasteiger partial charge on any atom is 0.417 e. The summed E-state index contributed by atoms with van der Waals surface area (Å²) in [6.07, 6.45) is -5.41. The van der Waals surface area contributed by atoms with Crippen molar-refractivity contribution < 1.29 is 22.7 Å². The van der Waals surface area contributed by atoms with Gasteiger partial charge in [-0.2, -0.15) is 13.2 Å². The lowest BCUT2D eigenvalue weighted by Crippen LogP contribution is -2.36. The van der Waals surface area contributed by atoms with E-state index in [0.29, 0.717) is 0 Å². The Morgan fingerprint density at radius 3 is 2.68 bits per heavy atom. The first-order valence-corrected chi connectivity index (χ1v) is 5.69. The number of likely N-dealkylation sites (N-methyl/N-ethyl adjacent to an activating group) is 1. The van der Waals surface area contributed by atoms with Crippen molar-refractivity contribution in [3.8, 4) is 0 Å². The number of alkyl halides is 3. The van der Waals surface area contributed by atoms with Gasteiger partial charge in [-0.05, 0) is 25.2 Å². The maximum atomic E-state index is 12.7. The van der Waals surface area contributed by atoms with Crippen LogP contribution in [0.25, 0.3) is 0 Å². The molecule has 4 nitrogen and oxygen atoms in total. The fourth-order valence-electron chi connectivity index (χ4n) is 1.73. The molecule has 0 spiro atoms. The van der Waals surface area contributed by atoms with Crippen molar-refractivity contribution >= 4 is 23.2 Å². The third-order valence-electron chi connectivity index (χ3n) is 2.69. The van der Waals surface area contributed by atoms with Gasteiger partial charge in [-0.1, -0.05) is 11.6 Å². The molecule has 1 aliphatic rings. The van der Waals surface area contributed by atoms with Gasteiger partial charge in [0.2, 0.25) is 0 Å². The summed E-state index contributed by atoms with van der Waals surface area (Å²) in [7, 11) is 1.52. The van der Waals surface area contributed by atoms with Crippen LogP contribution in [0.5, 0.6) is 0 Å². The van der Waals surface area contributed by atoms with Crippen LogP contribution in [0.15, 0.2) is 18.2 Å². The van der Waals surface area contributed by atoms with E-state index in [4.69, 9.17) is 16.3 Å². The number of benzene rings is 1. The molecule has 0 aliphatic carbocycles. The van der Waals surface area contributed by atoms with Crippen LogP contribution in [-0.4, -0.2) is 25.9 Å². The van der Waals surface area contributed by atoms with Crippen LogP contribution in [0.4, 0.5) is 18.9 Å². The van der Waals surface area contributed by atoms with E-state index in [0.717, 1.165) is 17.0 Å². The number of carbonyl (C=O) groups excluding carboxylic acids is 1. The first-order chi connectivity index (χ1) is 8.84. The number of amides is 1. The van der Waals surface area contributed by atoms with Gasteiger partial charge in [0.25, 0.3) is 5.91 Å². The number of rotatable bonds is 2. The molecule has 1 fully saturated rings. The minimum Gasteiger partial charge on any atom is -0.333 e. The lowest BCUT2D eigenvalue weighted by Gasteiger charge is -2.17. The molecule has 1 N–H and O–H groups in total. The number of nitrogens with one attached hydrogen (secondary N) is 1. The van der Waals surface area contributed by atoms with Gasteiger partial charge in [0, 0.05) is 5.69 Å². The van der Waals surface area contributed by atoms with Crippen molar-refractivity contribution in [1.82, 2.24) is 5.32 Å². The Balaban J connectivity index is 2.35. The highest BCUT2D eigenvalue weighted by Gasteiger charge is 2.36. The second-order valence-corrected chi connectivity index (χ2v) is 4.30. The van der Waals surface area contributed by atoms with Gasteiger partial charge >= 0.3 is 6.18 Å². The highest BCUT2D eigenvalue weighted by molar-refractivity contribution is 6.31. The maximum absolute atomic E-state index is 12.7. The highest BCUT2D eigenvalue weighted by Crippen LogP contribution is 2.37. The summed E-state index contributed by atoms with van der Waals surface area (Å²) in [5.41, 5.74) is -0.883. The minimum atomic E-state index is -4.57. The summed E-state index contributed by atoms with van der Waals surface area (Å²) in [6.45, 7) is -0.108. The number of hydrogen-bond acceptors (Lipinski definition) is 3. The topological polar surface area (TPSA) is 41.6 Å². The van der Waals surface area contributed by atoms with Crippen LogP contribution < -0.4 is 10.2 Å². The third kappa shape index (κ3) is 2.68. The molecule has 8 heteroatoms. The quantitative estimate of drug-likeness (QED) is 0.909. The molecule has 1 atom stereocenters. The number of nitrogens with zero attached hydrogens (tertiary/aromatic N) is 1. The molecule has 1 aromatic rings. The van der Waals surface area contributed by atoms with Crippen LogP contribution in [0, 0.1) is 0 Å². The lowest BCUT2D eigenvalue weighted by atomic mass is 10.2. The monoisotopic (exact) mass is 294 g/mol. The predicted molar refractivity (Wildman–Crippen MR) is 62.7 cm³/mol. The van der Waals surface area contributed by atoms with Crippen LogP contribution >= 0.6 is 11.6 Å². The van der Waals surface area contributed by atoms with Crippen molar-refractivity contribution in [2.75, 3.05) is 18.7 Å². The SMILES string of the molecule is CNC1OCN(c2ccc(Cl)c(C(F)(F)F)c2)C1=O. The molecule has 1 aromatic carbocycles. The van der Waals surface area contributed by atoms with Gasteiger partial charge in [-0.3, -0.25) is 15.0 Å². The van der Waals surface area contributed by atoms with E-state index < -0.39 is 28.9 Å². The number of carbonyl (C=O) groups is 1. The highest BCUT2D eigenvalue weighted by atomic mass is 35.5. The zero-order valence-corrected chi connectivity index (χ0v) is 10.5. The standard InChI is InChI=1S/C11H10ClF3N2O2/c1-16-9-10(18)17(5-19-9)6-2-3-8(12)7(4-6)11(13,14)15/h2-4,9,16H,5H2,1H3. The molecule has 0 radical (unpaired) electrons. The average molecular weight is 295 g/mol. The van der Waals surface area contributed by atoms with E-state index in [-0.39, 0.29) is 12.4 Å². The van der Waals surface area contributed by atoms with Crippen molar-refractivity contribution in [1.29, 1.82) is 0 Å². The smallest absolute Gasteiger partial charge is 0.333 e. The Morgan fingerprint density at radius 2 is 2.16 bits per heavy atom. The Bertz CT molecular complexity index is 507. The summed E-state index contributed by atoms with van der Waals surface area (Å²) in [5, 5.41) is 2.20. The summed E-state index contributed by atoms with van der Waals surface area (Å²) in [5.74, 6) is -0.446. The van der Waals surface area contributed by atoms with Gasteiger partial charge < -0.3 is 4.74 Å². The molecule has 19 heavy (non-hydrogen) atoms. The summed E-state index contributed by atoms with van der Waals surface area (Å²) in [4.78, 5) is 12.9. The summed E-state index contributed by atoms with van der Waals surface area (Å²) < 4.78 is 43.3. The summed E-state index contributed by atoms with van der Waals surface area (Å²) >= 11 is 5.51. The van der Waals surface area contributed by atoms with Crippen LogP contribution in [0.2, 0.25) is 5.02 Å². The molecule has 104 valence electrons. The fourth-order valence-corrected chi connectivity index (χ4v) is 1.96. The second-order valence-electron chi connectivity index (χ2n) is 3.89. The Hall–Kier alpha value is -1.31. The van der Waals surface area contributed by atoms with Crippen molar-refractivity contribution in [2.45, 2.75) is 12.4 Å². The second kappa shape index (κ2) is 4.99. The molecule has 0 aromatic heterocycles. The van der Waals surface area contributed by atoms with Crippen LogP contribution in [-0.2, 0) is 15.7 Å². The Labute approximate surface area is 112 Å². The van der Waals surface area contributed by atoms with Gasteiger partial charge in [0.15, 0.2) is 6.23 Å². The van der Waals surface area contributed by atoms with E-state index in [1.54, 1.807) is 0 Å². The number of halogens is 4. The fraction of sp³-hybridized carbons (Fsp3) is 0.364. The van der Waals surface area contributed by atoms with Gasteiger partial charge in [-0.15, -0.1) is 0 Å². The van der Waals surface area contributed by atoms with E-state index in [2.05, 4.69) is 5.32 Å². The molecule has 1 aliphatic heterocycles.